The molecule has 0 aliphatic heterocycles. The number of aromatic nitrogens is 2. The number of alkyl halides is 3. The highest BCUT2D eigenvalue weighted by Gasteiger charge is 2.30. The molecular formula is C10H9F3N4. The largest absolute Gasteiger partial charge is 0.416 e. The van der Waals surface area contributed by atoms with Gasteiger partial charge in [-0.2, -0.15) is 13.2 Å². The molecule has 1 aromatic heterocycles. The average Bonchev–Trinajstić information content (AvgIpc) is 2.59. The van der Waals surface area contributed by atoms with Crippen molar-refractivity contribution in [2.45, 2.75) is 6.18 Å². The van der Waals surface area contributed by atoms with Crippen molar-refractivity contribution in [3.8, 4) is 11.3 Å². The lowest BCUT2D eigenvalue weighted by molar-refractivity contribution is -0.137. The highest BCUT2D eigenvalue weighted by molar-refractivity contribution is 5.70. The van der Waals surface area contributed by atoms with Crippen molar-refractivity contribution in [2.75, 3.05) is 11.6 Å². The second kappa shape index (κ2) is 3.69. The quantitative estimate of drug-likeness (QED) is 0.750. The fourth-order valence-electron chi connectivity index (χ4n) is 1.41. The van der Waals surface area contributed by atoms with Crippen molar-refractivity contribution < 1.29 is 13.2 Å². The number of imidazole rings is 1. The van der Waals surface area contributed by atoms with Gasteiger partial charge in [0.15, 0.2) is 0 Å². The first-order valence-electron chi connectivity index (χ1n) is 4.65. The standard InChI is InChI=1S/C10H9F3N4/c11-10(12,13)7-3-1-6(2-4-7)8-9(14)17(15)5-16-8/h1-5H,14-15H2. The van der Waals surface area contributed by atoms with Crippen molar-refractivity contribution in [3.05, 3.63) is 36.2 Å². The summed E-state index contributed by atoms with van der Waals surface area (Å²) in [4.78, 5) is 3.91. The summed E-state index contributed by atoms with van der Waals surface area (Å²) in [6, 6.07) is 4.57. The van der Waals surface area contributed by atoms with E-state index in [2.05, 4.69) is 4.98 Å². The molecule has 1 aromatic carbocycles. The van der Waals surface area contributed by atoms with E-state index in [1.54, 1.807) is 0 Å². The average molecular weight is 242 g/mol. The van der Waals surface area contributed by atoms with Crippen LogP contribution in [0.1, 0.15) is 5.56 Å². The van der Waals surface area contributed by atoms with Gasteiger partial charge in [0.05, 0.1) is 5.56 Å². The van der Waals surface area contributed by atoms with E-state index < -0.39 is 11.7 Å². The van der Waals surface area contributed by atoms with Gasteiger partial charge in [0.2, 0.25) is 0 Å². The van der Waals surface area contributed by atoms with Crippen LogP contribution in [0.2, 0.25) is 0 Å². The van der Waals surface area contributed by atoms with Crippen molar-refractivity contribution in [2.24, 2.45) is 0 Å². The second-order valence-corrected chi connectivity index (χ2v) is 3.46. The first kappa shape index (κ1) is 11.3. The number of nitrogens with zero attached hydrogens (tertiary/aromatic N) is 2. The maximum atomic E-state index is 12.3. The normalized spacial score (nSPS) is 11.7. The molecule has 0 saturated carbocycles. The van der Waals surface area contributed by atoms with Crippen LogP contribution in [0.5, 0.6) is 0 Å². The number of nitrogens with two attached hydrogens (primary N) is 2. The number of anilines is 1. The predicted molar refractivity (Wildman–Crippen MR) is 57.2 cm³/mol. The Bertz CT molecular complexity index is 527. The van der Waals surface area contributed by atoms with Gasteiger partial charge in [-0.15, -0.1) is 0 Å². The van der Waals surface area contributed by atoms with E-state index in [1.807, 2.05) is 0 Å². The molecule has 0 aliphatic rings. The third-order valence-corrected chi connectivity index (χ3v) is 2.32. The molecule has 4 N–H and O–H groups in total. The lowest BCUT2D eigenvalue weighted by Crippen LogP contribution is -2.10. The summed E-state index contributed by atoms with van der Waals surface area (Å²) in [7, 11) is 0. The Morgan fingerprint density at radius 3 is 2.12 bits per heavy atom. The van der Waals surface area contributed by atoms with Gasteiger partial charge in [0, 0.05) is 5.56 Å². The molecule has 0 atom stereocenters. The van der Waals surface area contributed by atoms with E-state index in [0.29, 0.717) is 11.3 Å². The van der Waals surface area contributed by atoms with Gasteiger partial charge in [0.1, 0.15) is 17.8 Å². The Hall–Kier alpha value is -2.18. The van der Waals surface area contributed by atoms with E-state index >= 15 is 0 Å². The molecule has 0 amide bonds. The molecule has 0 spiro atoms. The molecule has 2 rings (SSSR count). The highest BCUT2D eigenvalue weighted by Crippen LogP contribution is 2.31. The van der Waals surface area contributed by atoms with Gasteiger partial charge in [-0.3, -0.25) is 0 Å². The summed E-state index contributed by atoms with van der Waals surface area (Å²) in [5.41, 5.74) is 5.74. The molecule has 7 heteroatoms. The maximum absolute atomic E-state index is 12.3. The van der Waals surface area contributed by atoms with E-state index in [0.717, 1.165) is 16.8 Å². The molecular weight excluding hydrogens is 233 g/mol. The zero-order valence-electron chi connectivity index (χ0n) is 8.57. The van der Waals surface area contributed by atoms with Gasteiger partial charge in [0.25, 0.3) is 0 Å². The van der Waals surface area contributed by atoms with Crippen LogP contribution >= 0.6 is 0 Å². The van der Waals surface area contributed by atoms with Crippen LogP contribution in [0.3, 0.4) is 0 Å². The predicted octanol–water partition coefficient (Wildman–Crippen LogP) is 1.86. The molecule has 1 heterocycles. The molecule has 2 aromatic rings. The molecule has 4 nitrogen and oxygen atoms in total. The first-order valence-corrected chi connectivity index (χ1v) is 4.65. The van der Waals surface area contributed by atoms with E-state index in [1.165, 1.54) is 18.5 Å². The van der Waals surface area contributed by atoms with E-state index in [9.17, 15) is 13.2 Å². The zero-order chi connectivity index (χ0) is 12.6. The van der Waals surface area contributed by atoms with Crippen LogP contribution in [0, 0.1) is 0 Å². The molecule has 0 saturated heterocycles. The smallest absolute Gasteiger partial charge is 0.382 e. The zero-order valence-corrected chi connectivity index (χ0v) is 8.57. The van der Waals surface area contributed by atoms with Crippen molar-refractivity contribution in [3.63, 3.8) is 0 Å². The molecule has 90 valence electrons. The van der Waals surface area contributed by atoms with Crippen LogP contribution in [0.15, 0.2) is 30.6 Å². The number of halogens is 3. The summed E-state index contributed by atoms with van der Waals surface area (Å²) in [6.45, 7) is 0. The lowest BCUT2D eigenvalue weighted by Gasteiger charge is -2.07. The second-order valence-electron chi connectivity index (χ2n) is 3.46. The minimum atomic E-state index is -4.35. The fourth-order valence-corrected chi connectivity index (χ4v) is 1.41. The van der Waals surface area contributed by atoms with Gasteiger partial charge in [-0.05, 0) is 12.1 Å². The summed E-state index contributed by atoms with van der Waals surface area (Å²) >= 11 is 0. The highest BCUT2D eigenvalue weighted by atomic mass is 19.4. The van der Waals surface area contributed by atoms with Crippen LogP contribution in [0.4, 0.5) is 19.0 Å². The number of hydrogen-bond donors (Lipinski definition) is 2. The minimum Gasteiger partial charge on any atom is -0.382 e. The van der Waals surface area contributed by atoms with Crippen molar-refractivity contribution >= 4 is 5.82 Å². The van der Waals surface area contributed by atoms with Crippen molar-refractivity contribution in [1.82, 2.24) is 9.66 Å². The maximum Gasteiger partial charge on any atom is 0.416 e. The third-order valence-electron chi connectivity index (χ3n) is 2.32. The SMILES string of the molecule is Nc1c(-c2ccc(C(F)(F)F)cc2)ncn1N. The Morgan fingerprint density at radius 1 is 1.12 bits per heavy atom. The summed E-state index contributed by atoms with van der Waals surface area (Å²) in [6.07, 6.45) is -3.06. The molecule has 0 radical (unpaired) electrons. The number of nitrogen functional groups attached to an aromatic ring is 2. The number of hydrogen-bond acceptors (Lipinski definition) is 3. The van der Waals surface area contributed by atoms with Crippen LogP contribution in [-0.4, -0.2) is 9.66 Å². The third kappa shape index (κ3) is 2.03. The Morgan fingerprint density at radius 2 is 1.71 bits per heavy atom. The molecule has 17 heavy (non-hydrogen) atoms. The van der Waals surface area contributed by atoms with Gasteiger partial charge in [-0.1, -0.05) is 12.1 Å². The van der Waals surface area contributed by atoms with Crippen LogP contribution < -0.4 is 11.6 Å². The summed E-state index contributed by atoms with van der Waals surface area (Å²) in [5.74, 6) is 5.63. The molecule has 0 unspecified atom stereocenters. The Labute approximate surface area is 94.6 Å². The van der Waals surface area contributed by atoms with Crippen LogP contribution in [0.25, 0.3) is 11.3 Å². The fraction of sp³-hybridized carbons (Fsp3) is 0.100. The Balaban J connectivity index is 2.40. The molecule has 0 bridgehead atoms. The van der Waals surface area contributed by atoms with Crippen molar-refractivity contribution in [1.29, 1.82) is 0 Å². The summed E-state index contributed by atoms with van der Waals surface area (Å²) < 4.78 is 38.1. The lowest BCUT2D eigenvalue weighted by atomic mass is 10.1. The minimum absolute atomic E-state index is 0.199. The van der Waals surface area contributed by atoms with Gasteiger partial charge < -0.3 is 11.6 Å². The topological polar surface area (TPSA) is 69.9 Å². The first-order chi connectivity index (χ1) is 7.89. The van der Waals surface area contributed by atoms with Gasteiger partial charge in [-0.25, -0.2) is 9.66 Å². The number of benzene rings is 1. The van der Waals surface area contributed by atoms with E-state index in [-0.39, 0.29) is 5.82 Å². The van der Waals surface area contributed by atoms with E-state index in [4.69, 9.17) is 11.6 Å². The van der Waals surface area contributed by atoms with Gasteiger partial charge >= 0.3 is 6.18 Å². The van der Waals surface area contributed by atoms with Crippen LogP contribution in [-0.2, 0) is 6.18 Å². The Kier molecular flexibility index (Phi) is 2.45. The monoisotopic (exact) mass is 242 g/mol. The summed E-state index contributed by atoms with van der Waals surface area (Å²) in [5, 5.41) is 0. The number of rotatable bonds is 1. The molecule has 0 fully saturated rings. The molecule has 0 aliphatic carbocycles.